The van der Waals surface area contributed by atoms with Gasteiger partial charge in [-0.3, -0.25) is 0 Å². The summed E-state index contributed by atoms with van der Waals surface area (Å²) >= 11 is 0. The number of nitrogens with one attached hydrogen (secondary N) is 1. The van der Waals surface area contributed by atoms with E-state index in [9.17, 15) is 8.78 Å². The molecular weight excluding hydrogens is 232 g/mol. The molecule has 1 aliphatic carbocycles. The Hall–Kier alpha value is -0.960. The number of benzene rings is 1. The van der Waals surface area contributed by atoms with Gasteiger partial charge in [0.15, 0.2) is 11.6 Å². The summed E-state index contributed by atoms with van der Waals surface area (Å²) in [5.41, 5.74) is 0.815. The third-order valence-corrected chi connectivity index (χ3v) is 4.09. The first kappa shape index (κ1) is 13.5. The number of hydrogen-bond acceptors (Lipinski definition) is 1. The van der Waals surface area contributed by atoms with Crippen molar-refractivity contribution in [3.8, 4) is 0 Å². The van der Waals surface area contributed by atoms with Crippen LogP contribution < -0.4 is 5.32 Å². The minimum absolute atomic E-state index is 0.0669. The molecule has 18 heavy (non-hydrogen) atoms. The highest BCUT2D eigenvalue weighted by atomic mass is 19.2. The number of hydrogen-bond donors (Lipinski definition) is 1. The second kappa shape index (κ2) is 5.79. The molecule has 1 N–H and O–H groups in total. The molecule has 0 aromatic heterocycles. The largest absolute Gasteiger partial charge is 0.307 e. The molecule has 1 nitrogen and oxygen atoms in total. The third kappa shape index (κ3) is 2.89. The van der Waals surface area contributed by atoms with Crippen LogP contribution in [0, 0.1) is 17.6 Å². The zero-order chi connectivity index (χ0) is 13.1. The molecule has 0 spiro atoms. The molecule has 1 aromatic rings. The normalized spacial score (nSPS) is 25.3. The van der Waals surface area contributed by atoms with Gasteiger partial charge in [-0.15, -0.1) is 0 Å². The van der Waals surface area contributed by atoms with Crippen LogP contribution in [0.5, 0.6) is 0 Å². The molecule has 0 saturated heterocycles. The van der Waals surface area contributed by atoms with Crippen molar-refractivity contribution in [2.45, 2.75) is 51.6 Å². The molecule has 0 aliphatic heterocycles. The first-order valence-corrected chi connectivity index (χ1v) is 6.82. The van der Waals surface area contributed by atoms with Gasteiger partial charge in [-0.05, 0) is 43.4 Å². The zero-order valence-corrected chi connectivity index (χ0v) is 11.0. The van der Waals surface area contributed by atoms with E-state index < -0.39 is 11.6 Å². The summed E-state index contributed by atoms with van der Waals surface area (Å²) in [5, 5.41) is 3.55. The minimum atomic E-state index is -0.779. The lowest BCUT2D eigenvalue weighted by molar-refractivity contribution is 0.359. The van der Waals surface area contributed by atoms with E-state index in [0.717, 1.165) is 11.5 Å². The molecule has 1 saturated carbocycles. The van der Waals surface area contributed by atoms with Crippen molar-refractivity contribution in [3.05, 3.63) is 35.4 Å². The maximum Gasteiger partial charge on any atom is 0.159 e. The number of halogens is 2. The molecular formula is C15H21F2N. The van der Waals surface area contributed by atoms with Gasteiger partial charge in [-0.25, -0.2) is 8.78 Å². The highest BCUT2D eigenvalue weighted by Crippen LogP contribution is 2.30. The predicted octanol–water partition coefficient (Wildman–Crippen LogP) is 4.19. The highest BCUT2D eigenvalue weighted by molar-refractivity contribution is 5.21. The summed E-state index contributed by atoms with van der Waals surface area (Å²) in [6.07, 6.45) is 4.91. The zero-order valence-electron chi connectivity index (χ0n) is 11.0. The van der Waals surface area contributed by atoms with Gasteiger partial charge in [0.25, 0.3) is 0 Å². The molecule has 1 aliphatic rings. The molecule has 3 unspecified atom stereocenters. The molecule has 3 heteroatoms. The van der Waals surface area contributed by atoms with Crippen LogP contribution in [0.3, 0.4) is 0 Å². The van der Waals surface area contributed by atoms with E-state index in [-0.39, 0.29) is 6.04 Å². The predicted molar refractivity (Wildman–Crippen MR) is 69.3 cm³/mol. The summed E-state index contributed by atoms with van der Waals surface area (Å²) in [6, 6.07) is 4.74. The number of rotatable bonds is 4. The maximum absolute atomic E-state index is 13.2. The van der Waals surface area contributed by atoms with Gasteiger partial charge in [-0.2, -0.15) is 0 Å². The molecule has 1 fully saturated rings. The Morgan fingerprint density at radius 3 is 2.72 bits per heavy atom. The van der Waals surface area contributed by atoms with Gasteiger partial charge in [-0.1, -0.05) is 25.8 Å². The van der Waals surface area contributed by atoms with E-state index in [1.165, 1.54) is 37.8 Å². The highest BCUT2D eigenvalue weighted by Gasteiger charge is 2.26. The average molecular weight is 253 g/mol. The molecule has 3 atom stereocenters. The van der Waals surface area contributed by atoms with Gasteiger partial charge < -0.3 is 5.32 Å². The van der Waals surface area contributed by atoms with Gasteiger partial charge in [0.05, 0.1) is 0 Å². The summed E-state index contributed by atoms with van der Waals surface area (Å²) in [5.74, 6) is -0.824. The molecule has 1 aromatic carbocycles. The van der Waals surface area contributed by atoms with E-state index in [4.69, 9.17) is 0 Å². The van der Waals surface area contributed by atoms with Crippen molar-refractivity contribution in [3.63, 3.8) is 0 Å². The quantitative estimate of drug-likeness (QED) is 0.848. The summed E-state index contributed by atoms with van der Waals surface area (Å²) in [4.78, 5) is 0. The smallest absolute Gasteiger partial charge is 0.159 e. The Morgan fingerprint density at radius 2 is 2.06 bits per heavy atom. The lowest BCUT2D eigenvalue weighted by Crippen LogP contribution is -2.34. The Morgan fingerprint density at radius 1 is 1.28 bits per heavy atom. The van der Waals surface area contributed by atoms with Crippen LogP contribution in [-0.4, -0.2) is 6.04 Å². The topological polar surface area (TPSA) is 12.0 Å². The third-order valence-electron chi connectivity index (χ3n) is 4.09. The summed E-state index contributed by atoms with van der Waals surface area (Å²) in [7, 11) is 0. The van der Waals surface area contributed by atoms with Gasteiger partial charge in [0.1, 0.15) is 0 Å². The van der Waals surface area contributed by atoms with Gasteiger partial charge in [0, 0.05) is 12.1 Å². The monoisotopic (exact) mass is 253 g/mol. The van der Waals surface area contributed by atoms with E-state index in [1.54, 1.807) is 6.07 Å². The maximum atomic E-state index is 13.2. The van der Waals surface area contributed by atoms with E-state index in [2.05, 4.69) is 12.2 Å². The van der Waals surface area contributed by atoms with Crippen LogP contribution in [0.1, 0.15) is 51.1 Å². The second-order valence-electron chi connectivity index (χ2n) is 5.27. The molecule has 0 bridgehead atoms. The summed E-state index contributed by atoms with van der Waals surface area (Å²) < 4.78 is 26.1. The fourth-order valence-corrected chi connectivity index (χ4v) is 2.94. The first-order chi connectivity index (χ1) is 8.61. The van der Waals surface area contributed by atoms with Crippen LogP contribution in [-0.2, 0) is 0 Å². The lowest BCUT2D eigenvalue weighted by Gasteiger charge is -2.24. The van der Waals surface area contributed by atoms with Crippen LogP contribution in [0.15, 0.2) is 18.2 Å². The fraction of sp³-hybridized carbons (Fsp3) is 0.600. The summed E-state index contributed by atoms with van der Waals surface area (Å²) in [6.45, 7) is 4.23. The fourth-order valence-electron chi connectivity index (χ4n) is 2.94. The minimum Gasteiger partial charge on any atom is -0.307 e. The van der Waals surface area contributed by atoms with Crippen LogP contribution in [0.25, 0.3) is 0 Å². The Labute approximate surface area is 108 Å². The van der Waals surface area contributed by atoms with Crippen molar-refractivity contribution < 1.29 is 8.78 Å². The van der Waals surface area contributed by atoms with E-state index in [1.807, 2.05) is 6.92 Å². The lowest BCUT2D eigenvalue weighted by atomic mass is 9.98. The Bertz CT molecular complexity index is 405. The van der Waals surface area contributed by atoms with E-state index >= 15 is 0 Å². The first-order valence-electron chi connectivity index (χ1n) is 6.82. The second-order valence-corrected chi connectivity index (χ2v) is 5.27. The van der Waals surface area contributed by atoms with E-state index in [0.29, 0.717) is 6.04 Å². The van der Waals surface area contributed by atoms with Crippen LogP contribution in [0.4, 0.5) is 8.78 Å². The molecule has 2 rings (SSSR count). The van der Waals surface area contributed by atoms with Crippen molar-refractivity contribution in [2.75, 3.05) is 0 Å². The standard InChI is InChI=1S/C15H21F2N/c1-3-11-5-4-6-15(11)18-10(2)12-7-8-13(16)14(17)9-12/h7-11,15,18H,3-6H2,1-2H3. The van der Waals surface area contributed by atoms with Crippen molar-refractivity contribution in [1.29, 1.82) is 0 Å². The van der Waals surface area contributed by atoms with Crippen LogP contribution in [0.2, 0.25) is 0 Å². The average Bonchev–Trinajstić information content (AvgIpc) is 2.79. The van der Waals surface area contributed by atoms with Crippen molar-refractivity contribution >= 4 is 0 Å². The Kier molecular flexibility index (Phi) is 4.33. The molecule has 100 valence electrons. The van der Waals surface area contributed by atoms with Crippen molar-refractivity contribution in [2.24, 2.45) is 5.92 Å². The van der Waals surface area contributed by atoms with Gasteiger partial charge in [0.2, 0.25) is 0 Å². The van der Waals surface area contributed by atoms with Gasteiger partial charge >= 0.3 is 0 Å². The molecule has 0 heterocycles. The van der Waals surface area contributed by atoms with Crippen LogP contribution >= 0.6 is 0 Å². The van der Waals surface area contributed by atoms with Crippen molar-refractivity contribution in [1.82, 2.24) is 5.32 Å². The Balaban J connectivity index is 2.02. The molecule has 0 amide bonds. The molecule has 0 radical (unpaired) electrons. The SMILES string of the molecule is CCC1CCCC1NC(C)c1ccc(F)c(F)c1.